The average molecular weight is 275 g/mol. The zero-order valence-corrected chi connectivity index (χ0v) is 11.4. The lowest BCUT2D eigenvalue weighted by molar-refractivity contribution is 0.485. The van der Waals surface area contributed by atoms with Gasteiger partial charge in [-0.3, -0.25) is 0 Å². The van der Waals surface area contributed by atoms with Crippen LogP contribution in [0.25, 0.3) is 0 Å². The van der Waals surface area contributed by atoms with Crippen molar-refractivity contribution in [3.8, 4) is 0 Å². The van der Waals surface area contributed by atoms with Gasteiger partial charge >= 0.3 is 0 Å². The molecule has 0 amide bonds. The van der Waals surface area contributed by atoms with E-state index in [0.29, 0.717) is 6.54 Å². The Kier molecular flexibility index (Phi) is 4.13. The maximum atomic E-state index is 12.1. The van der Waals surface area contributed by atoms with Crippen LogP contribution in [0.5, 0.6) is 0 Å². The highest BCUT2D eigenvalue weighted by Gasteiger charge is 2.29. The summed E-state index contributed by atoms with van der Waals surface area (Å²) < 4.78 is 26.9. The van der Waals surface area contributed by atoms with E-state index >= 15 is 0 Å². The fourth-order valence-electron chi connectivity index (χ4n) is 1.93. The molecule has 2 atom stereocenters. The van der Waals surface area contributed by atoms with E-state index in [9.17, 15) is 8.42 Å². The molecule has 2 heterocycles. The minimum absolute atomic E-state index is 0.248. The summed E-state index contributed by atoms with van der Waals surface area (Å²) in [6.45, 7) is 3.28. The third-order valence-corrected chi connectivity index (χ3v) is 5.77. The molecule has 5 nitrogen and oxygen atoms in total. The first-order chi connectivity index (χ1) is 8.09. The van der Waals surface area contributed by atoms with Crippen molar-refractivity contribution in [3.63, 3.8) is 0 Å². The minimum Gasteiger partial charge on any atom is -0.315 e. The van der Waals surface area contributed by atoms with Gasteiger partial charge in [-0.2, -0.15) is 0 Å². The predicted octanol–water partition coefficient (Wildman–Crippen LogP) is 0.875. The summed E-state index contributed by atoms with van der Waals surface area (Å²) in [5.74, 6) is 0. The fourth-order valence-corrected chi connectivity index (χ4v) is 4.26. The SMILES string of the molecule is CC(NS(=O)(=O)C1CCCNC1)c1nccs1. The van der Waals surface area contributed by atoms with Crippen molar-refractivity contribution in [2.45, 2.75) is 31.1 Å². The molecular formula is C10H17N3O2S2. The zero-order chi connectivity index (χ0) is 12.3. The number of hydrogen-bond acceptors (Lipinski definition) is 5. The van der Waals surface area contributed by atoms with Gasteiger partial charge in [0.15, 0.2) is 0 Å². The van der Waals surface area contributed by atoms with Gasteiger partial charge in [0, 0.05) is 18.1 Å². The summed E-state index contributed by atoms with van der Waals surface area (Å²) in [5, 5.41) is 5.45. The van der Waals surface area contributed by atoms with E-state index in [1.54, 1.807) is 6.20 Å². The Morgan fingerprint density at radius 2 is 2.47 bits per heavy atom. The summed E-state index contributed by atoms with van der Waals surface area (Å²) >= 11 is 1.46. The van der Waals surface area contributed by atoms with E-state index in [2.05, 4.69) is 15.0 Å². The molecule has 2 rings (SSSR count). The summed E-state index contributed by atoms with van der Waals surface area (Å²) in [7, 11) is -3.25. The van der Waals surface area contributed by atoms with E-state index < -0.39 is 10.0 Å². The molecule has 1 saturated heterocycles. The second-order valence-corrected chi connectivity index (χ2v) is 7.14. The topological polar surface area (TPSA) is 71.1 Å². The molecule has 0 saturated carbocycles. The third-order valence-electron chi connectivity index (χ3n) is 2.85. The van der Waals surface area contributed by atoms with Crippen LogP contribution in [-0.2, 0) is 10.0 Å². The van der Waals surface area contributed by atoms with Crippen LogP contribution in [0.3, 0.4) is 0 Å². The number of nitrogens with zero attached hydrogens (tertiary/aromatic N) is 1. The number of nitrogens with one attached hydrogen (secondary N) is 2. The van der Waals surface area contributed by atoms with Gasteiger partial charge < -0.3 is 5.32 Å². The molecule has 7 heteroatoms. The lowest BCUT2D eigenvalue weighted by atomic mass is 10.2. The molecule has 17 heavy (non-hydrogen) atoms. The number of rotatable bonds is 4. The van der Waals surface area contributed by atoms with E-state index in [4.69, 9.17) is 0 Å². The largest absolute Gasteiger partial charge is 0.315 e. The smallest absolute Gasteiger partial charge is 0.216 e. The molecule has 96 valence electrons. The maximum Gasteiger partial charge on any atom is 0.216 e. The summed E-state index contributed by atoms with van der Waals surface area (Å²) in [4.78, 5) is 4.12. The van der Waals surface area contributed by atoms with Crippen LogP contribution in [0.15, 0.2) is 11.6 Å². The Labute approximate surface area is 106 Å². The van der Waals surface area contributed by atoms with Crippen molar-refractivity contribution < 1.29 is 8.42 Å². The molecule has 2 unspecified atom stereocenters. The van der Waals surface area contributed by atoms with Crippen molar-refractivity contribution in [1.82, 2.24) is 15.0 Å². The molecule has 0 aliphatic carbocycles. The van der Waals surface area contributed by atoms with E-state index in [1.807, 2.05) is 12.3 Å². The molecule has 0 radical (unpaired) electrons. The van der Waals surface area contributed by atoms with Gasteiger partial charge in [0.25, 0.3) is 0 Å². The van der Waals surface area contributed by atoms with Crippen molar-refractivity contribution in [2.75, 3.05) is 13.1 Å². The number of aromatic nitrogens is 1. The van der Waals surface area contributed by atoms with Crippen molar-refractivity contribution in [2.24, 2.45) is 0 Å². The van der Waals surface area contributed by atoms with Gasteiger partial charge in [0.1, 0.15) is 5.01 Å². The molecule has 0 aromatic carbocycles. The highest BCUT2D eigenvalue weighted by molar-refractivity contribution is 7.90. The molecule has 1 fully saturated rings. The van der Waals surface area contributed by atoms with Gasteiger partial charge in [0.2, 0.25) is 10.0 Å². The standard InChI is InChI=1S/C10H17N3O2S2/c1-8(10-12-5-6-16-10)13-17(14,15)9-3-2-4-11-7-9/h5-6,8-9,11,13H,2-4,7H2,1H3. The van der Waals surface area contributed by atoms with E-state index in [-0.39, 0.29) is 11.3 Å². The summed E-state index contributed by atoms with van der Waals surface area (Å²) in [5.41, 5.74) is 0. The van der Waals surface area contributed by atoms with Crippen molar-refractivity contribution >= 4 is 21.4 Å². The Morgan fingerprint density at radius 3 is 3.06 bits per heavy atom. The van der Waals surface area contributed by atoms with Crippen LogP contribution in [-0.4, -0.2) is 31.7 Å². The molecule has 0 spiro atoms. The highest BCUT2D eigenvalue weighted by atomic mass is 32.2. The maximum absolute atomic E-state index is 12.1. The molecule has 1 aromatic rings. The van der Waals surface area contributed by atoms with Crippen LogP contribution < -0.4 is 10.0 Å². The fraction of sp³-hybridized carbons (Fsp3) is 0.700. The number of piperidine rings is 1. The first-order valence-electron chi connectivity index (χ1n) is 5.71. The summed E-state index contributed by atoms with van der Waals surface area (Å²) in [6, 6.07) is -0.248. The second kappa shape index (κ2) is 5.43. The monoisotopic (exact) mass is 275 g/mol. The minimum atomic E-state index is -3.25. The first kappa shape index (κ1) is 12.9. The molecule has 1 aromatic heterocycles. The normalized spacial score (nSPS) is 23.5. The highest BCUT2D eigenvalue weighted by Crippen LogP contribution is 2.18. The number of sulfonamides is 1. The van der Waals surface area contributed by atoms with Crippen LogP contribution in [0.2, 0.25) is 0 Å². The van der Waals surface area contributed by atoms with Gasteiger partial charge in [-0.1, -0.05) is 0 Å². The van der Waals surface area contributed by atoms with Crippen molar-refractivity contribution in [1.29, 1.82) is 0 Å². The van der Waals surface area contributed by atoms with Crippen molar-refractivity contribution in [3.05, 3.63) is 16.6 Å². The molecule has 0 bridgehead atoms. The van der Waals surface area contributed by atoms with Crippen LogP contribution in [0, 0.1) is 0 Å². The molecular weight excluding hydrogens is 258 g/mol. The Morgan fingerprint density at radius 1 is 1.65 bits per heavy atom. The van der Waals surface area contributed by atoms with E-state index in [1.165, 1.54) is 11.3 Å². The quantitative estimate of drug-likeness (QED) is 0.855. The van der Waals surface area contributed by atoms with Crippen LogP contribution in [0.4, 0.5) is 0 Å². The Hall–Kier alpha value is -0.500. The summed E-state index contributed by atoms with van der Waals surface area (Å²) in [6.07, 6.45) is 3.33. The average Bonchev–Trinajstić information content (AvgIpc) is 2.83. The van der Waals surface area contributed by atoms with Crippen LogP contribution in [0.1, 0.15) is 30.8 Å². The second-order valence-electron chi connectivity index (χ2n) is 4.22. The van der Waals surface area contributed by atoms with Crippen LogP contribution >= 0.6 is 11.3 Å². The lowest BCUT2D eigenvalue weighted by Crippen LogP contribution is -2.44. The predicted molar refractivity (Wildman–Crippen MR) is 68.5 cm³/mol. The molecule has 2 N–H and O–H groups in total. The lowest BCUT2D eigenvalue weighted by Gasteiger charge is -2.24. The first-order valence-corrected chi connectivity index (χ1v) is 8.13. The van der Waals surface area contributed by atoms with Gasteiger partial charge in [-0.05, 0) is 26.3 Å². The van der Waals surface area contributed by atoms with Gasteiger partial charge in [-0.15, -0.1) is 11.3 Å². The number of hydrogen-bond donors (Lipinski definition) is 2. The van der Waals surface area contributed by atoms with Gasteiger partial charge in [0.05, 0.1) is 11.3 Å². The Balaban J connectivity index is 2.01. The van der Waals surface area contributed by atoms with Gasteiger partial charge in [-0.25, -0.2) is 18.1 Å². The number of thiazole rings is 1. The zero-order valence-electron chi connectivity index (χ0n) is 9.72. The third kappa shape index (κ3) is 3.25. The molecule has 1 aliphatic heterocycles. The van der Waals surface area contributed by atoms with E-state index in [0.717, 1.165) is 24.4 Å². The Bertz CT molecular complexity index is 438. The molecule has 1 aliphatic rings.